The number of para-hydroxylation sites is 1. The third kappa shape index (κ3) is 14.4. The molecular formula is C49H72N2O14. The van der Waals surface area contributed by atoms with E-state index in [9.17, 15) is 34.5 Å². The molecule has 1 aliphatic rings. The van der Waals surface area contributed by atoms with Crippen LogP contribution in [0, 0.1) is 21.7 Å². The van der Waals surface area contributed by atoms with Crippen LogP contribution in [0.2, 0.25) is 0 Å². The average Bonchev–Trinajstić information content (AvgIpc) is 3.77. The first-order valence-corrected chi connectivity index (χ1v) is 21.6. The van der Waals surface area contributed by atoms with Crippen LogP contribution in [0.5, 0.6) is 11.5 Å². The predicted molar refractivity (Wildman–Crippen MR) is 242 cm³/mol. The van der Waals surface area contributed by atoms with Crippen molar-refractivity contribution in [2.75, 3.05) is 39.6 Å². The van der Waals surface area contributed by atoms with E-state index in [4.69, 9.17) is 38.6 Å². The number of ether oxygens (including phenoxy) is 7. The highest BCUT2D eigenvalue weighted by molar-refractivity contribution is 5.86. The molecule has 2 aromatic carbocycles. The largest absolute Gasteiger partial charge is 0.494 e. The van der Waals surface area contributed by atoms with Gasteiger partial charge >= 0.3 is 23.9 Å². The van der Waals surface area contributed by atoms with Gasteiger partial charge in [0.25, 0.3) is 0 Å². The Morgan fingerprint density at radius 3 is 1.85 bits per heavy atom. The molecule has 362 valence electrons. The molecule has 16 nitrogen and oxygen atoms in total. The number of nitrogens with one attached hydrogen (secondary N) is 1. The SMILES string of the molecule is [2H]CC(C)(C)C(=O)OC[C@H]1OC(Oc2cccc3ccn(CCc4ccc(OCCCNC(CO)(CO)CO)cc4)c23)[C@H](OC(=O)C(C)(C)C[2H])[C@@H](OC(=O)C(C)(C)C[2H])[C@@H]1OC(=O)C(C)(C)C[2H]. The Balaban J connectivity index is 1.72. The molecule has 2 heterocycles. The van der Waals surface area contributed by atoms with Crippen LogP contribution in [0.15, 0.2) is 54.7 Å². The Morgan fingerprint density at radius 1 is 0.723 bits per heavy atom. The second kappa shape index (κ2) is 21.7. The van der Waals surface area contributed by atoms with E-state index >= 15 is 0 Å². The van der Waals surface area contributed by atoms with Crippen LogP contribution in [0.4, 0.5) is 0 Å². The van der Waals surface area contributed by atoms with Gasteiger partial charge in [0, 0.05) is 23.6 Å². The molecule has 3 aromatic rings. The zero-order valence-corrected chi connectivity index (χ0v) is 39.1. The molecule has 65 heavy (non-hydrogen) atoms. The van der Waals surface area contributed by atoms with Gasteiger partial charge in [-0.25, -0.2) is 0 Å². The highest BCUT2D eigenvalue weighted by atomic mass is 16.7. The fourth-order valence-electron chi connectivity index (χ4n) is 6.28. The van der Waals surface area contributed by atoms with Crippen molar-refractivity contribution in [2.45, 2.75) is 139 Å². The van der Waals surface area contributed by atoms with Gasteiger partial charge in [0.1, 0.15) is 24.2 Å². The number of hydrogen-bond acceptors (Lipinski definition) is 15. The van der Waals surface area contributed by atoms with E-state index in [0.717, 1.165) is 10.9 Å². The summed E-state index contributed by atoms with van der Waals surface area (Å²) in [6.07, 6.45) is -5.10. The minimum absolute atomic E-state index is 0.254. The first-order valence-electron chi connectivity index (χ1n) is 24.5. The summed E-state index contributed by atoms with van der Waals surface area (Å²) in [6.45, 7) is 9.82. The number of fused-ring (bicyclic) bond motifs is 1. The van der Waals surface area contributed by atoms with Gasteiger partial charge in [-0.3, -0.25) is 19.2 Å². The Labute approximate surface area is 388 Å². The van der Waals surface area contributed by atoms with E-state index in [2.05, 4.69) is 5.32 Å². The molecule has 0 amide bonds. The van der Waals surface area contributed by atoms with Crippen LogP contribution in [0.1, 0.15) is 100 Å². The number of rotatable bonds is 19. The lowest BCUT2D eigenvalue weighted by Crippen LogP contribution is -2.64. The zero-order valence-electron chi connectivity index (χ0n) is 43.1. The minimum atomic E-state index is -1.70. The number of carbonyl (C=O) groups excluding carboxylic acids is 4. The maximum Gasteiger partial charge on any atom is 0.311 e. The summed E-state index contributed by atoms with van der Waals surface area (Å²) in [7, 11) is 0. The summed E-state index contributed by atoms with van der Waals surface area (Å²) in [5.41, 5.74) is -4.98. The number of aliphatic hydroxyl groups is 3. The van der Waals surface area contributed by atoms with Crippen molar-refractivity contribution in [3.8, 4) is 11.5 Å². The fraction of sp³-hybridized carbons (Fsp3) is 0.633. The van der Waals surface area contributed by atoms with E-state index in [1.807, 2.05) is 47.2 Å². The van der Waals surface area contributed by atoms with Crippen LogP contribution in [0.3, 0.4) is 0 Å². The highest BCUT2D eigenvalue weighted by Crippen LogP contribution is 2.37. The molecule has 4 rings (SSSR count). The summed E-state index contributed by atoms with van der Waals surface area (Å²) in [4.78, 5) is 55.0. The Hall–Kier alpha value is -4.74. The standard InChI is InChI=1S/C49H72N2O14/c1-45(2,3)41(55)60-27-35-37(63-42(56)46(4,5)6)38(64-43(57)47(7,8)9)39(65-44(58)48(10,11)12)40(62-35)61-34-16-13-15-32-22-25-51(36(32)34)24-21-31-17-19-33(20-18-31)59-26-14-23-50-49(28-52,29-53)30-54/h13,15-20,22,25,35,37-40,50,52-54H,14,21,23-24,26-30H2,1-12H3/t35-,37-,38+,39-,40?/m1/s1/i1D,4D,7D,10D. The number of benzene rings is 2. The second-order valence-corrected chi connectivity index (χ2v) is 19.4. The van der Waals surface area contributed by atoms with Crippen LogP contribution < -0.4 is 14.8 Å². The van der Waals surface area contributed by atoms with Gasteiger partial charge in [-0.15, -0.1) is 0 Å². The molecule has 0 saturated carbocycles. The van der Waals surface area contributed by atoms with E-state index in [1.54, 1.807) is 12.1 Å². The molecule has 0 spiro atoms. The monoisotopic (exact) mass is 917 g/mol. The van der Waals surface area contributed by atoms with Crippen molar-refractivity contribution in [1.29, 1.82) is 0 Å². The van der Waals surface area contributed by atoms with E-state index in [1.165, 1.54) is 55.4 Å². The number of aryl methyl sites for hydroxylation is 2. The van der Waals surface area contributed by atoms with Crippen LogP contribution in [-0.4, -0.2) is 120 Å². The molecule has 0 radical (unpaired) electrons. The molecule has 1 aromatic heterocycles. The summed E-state index contributed by atoms with van der Waals surface area (Å²) in [5.74, 6) is -2.57. The van der Waals surface area contributed by atoms with E-state index in [-0.39, 0.29) is 12.6 Å². The molecule has 0 bridgehead atoms. The predicted octanol–water partition coefficient (Wildman–Crippen LogP) is 5.52. The first-order chi connectivity index (χ1) is 32.5. The van der Waals surface area contributed by atoms with Gasteiger partial charge in [0.15, 0.2) is 12.2 Å². The molecule has 1 aliphatic heterocycles. The lowest BCUT2D eigenvalue weighted by molar-refractivity contribution is -0.293. The highest BCUT2D eigenvalue weighted by Gasteiger charge is 2.56. The molecule has 1 fully saturated rings. The van der Waals surface area contributed by atoms with Crippen LogP contribution in [-0.2, 0) is 55.8 Å². The maximum atomic E-state index is 14.0. The number of esters is 4. The van der Waals surface area contributed by atoms with Gasteiger partial charge < -0.3 is 58.4 Å². The van der Waals surface area contributed by atoms with Crippen molar-refractivity contribution in [3.05, 3.63) is 60.3 Å². The molecule has 1 unspecified atom stereocenters. The fourth-order valence-corrected chi connectivity index (χ4v) is 6.28. The van der Waals surface area contributed by atoms with Crippen LogP contribution >= 0.6 is 0 Å². The third-order valence-electron chi connectivity index (χ3n) is 10.5. The maximum absolute atomic E-state index is 14.0. The lowest BCUT2D eigenvalue weighted by Gasteiger charge is -2.45. The Bertz CT molecular complexity index is 2150. The lowest BCUT2D eigenvalue weighted by atomic mass is 9.93. The van der Waals surface area contributed by atoms with Crippen molar-refractivity contribution in [1.82, 2.24) is 9.88 Å². The zero-order chi connectivity index (χ0) is 51.4. The number of hydrogen-bond donors (Lipinski definition) is 4. The van der Waals surface area contributed by atoms with Crippen molar-refractivity contribution in [3.63, 3.8) is 0 Å². The molecule has 4 N–H and O–H groups in total. The number of nitrogens with zero attached hydrogens (tertiary/aromatic N) is 1. The normalized spacial score (nSPS) is 20.4. The minimum Gasteiger partial charge on any atom is -0.494 e. The topological polar surface area (TPSA) is 211 Å². The number of aliphatic hydroxyl groups excluding tert-OH is 3. The van der Waals surface area contributed by atoms with E-state index < -0.39 is 129 Å². The van der Waals surface area contributed by atoms with Crippen molar-refractivity contribution >= 4 is 34.8 Å². The van der Waals surface area contributed by atoms with E-state index in [0.29, 0.717) is 43.8 Å². The second-order valence-electron chi connectivity index (χ2n) is 19.4. The van der Waals surface area contributed by atoms with Gasteiger partial charge in [0.2, 0.25) is 12.4 Å². The number of carbonyl (C=O) groups is 4. The van der Waals surface area contributed by atoms with Gasteiger partial charge in [-0.1, -0.05) is 24.3 Å². The quantitative estimate of drug-likeness (QED) is 0.0663. The molecular weight excluding hydrogens is 841 g/mol. The Kier molecular flexibility index (Phi) is 15.6. The van der Waals surface area contributed by atoms with Crippen molar-refractivity contribution in [2.24, 2.45) is 21.7 Å². The number of aromatic nitrogens is 1. The molecule has 5 atom stereocenters. The van der Waals surface area contributed by atoms with Gasteiger partial charge in [-0.2, -0.15) is 0 Å². The summed E-state index contributed by atoms with van der Waals surface area (Å²) in [6, 6.07) is 14.8. The van der Waals surface area contributed by atoms with Crippen LogP contribution in [0.25, 0.3) is 10.9 Å². The summed E-state index contributed by atoms with van der Waals surface area (Å²) < 4.78 is 77.2. The molecule has 1 saturated heterocycles. The summed E-state index contributed by atoms with van der Waals surface area (Å²) in [5, 5.41) is 32.3. The van der Waals surface area contributed by atoms with Gasteiger partial charge in [-0.05, 0) is 132 Å². The van der Waals surface area contributed by atoms with Gasteiger partial charge in [0.05, 0.1) is 59.1 Å². The summed E-state index contributed by atoms with van der Waals surface area (Å²) >= 11 is 0. The van der Waals surface area contributed by atoms with Crippen molar-refractivity contribution < 1.29 is 73.1 Å². The average molecular weight is 917 g/mol. The first kappa shape index (κ1) is 46.8. The Morgan fingerprint density at radius 2 is 1.28 bits per heavy atom. The molecule has 0 aliphatic carbocycles. The molecule has 16 heteroatoms. The third-order valence-corrected chi connectivity index (χ3v) is 10.5. The smallest absolute Gasteiger partial charge is 0.311 e.